The molecule has 5 heteroatoms. The van der Waals surface area contributed by atoms with Crippen molar-refractivity contribution in [3.8, 4) is 11.1 Å². The Hall–Kier alpha value is -2.11. The van der Waals surface area contributed by atoms with Crippen molar-refractivity contribution >= 4 is 13.0 Å². The number of hydrogen-bond acceptors (Lipinski definition) is 3. The summed E-state index contributed by atoms with van der Waals surface area (Å²) in [6.07, 6.45) is 0.329. The molecule has 2 rings (SSSR count). The zero-order chi connectivity index (χ0) is 15.2. The average molecular weight is 283 g/mol. The number of rotatable bonds is 6. The Labute approximate surface area is 124 Å². The Bertz CT molecular complexity index is 584. The van der Waals surface area contributed by atoms with Gasteiger partial charge in [0.2, 0.25) is 0 Å². The summed E-state index contributed by atoms with van der Waals surface area (Å²) < 4.78 is 0. The van der Waals surface area contributed by atoms with E-state index in [4.69, 9.17) is 5.11 Å². The number of nitrogens with one attached hydrogen (secondary N) is 1. The van der Waals surface area contributed by atoms with Crippen molar-refractivity contribution in [3.63, 3.8) is 0 Å². The first-order chi connectivity index (χ1) is 10.1. The molecule has 21 heavy (non-hydrogen) atoms. The molecular formula is C16H18BNO3. The van der Waals surface area contributed by atoms with E-state index in [-0.39, 0.29) is 0 Å². The Morgan fingerprint density at radius 1 is 1.10 bits per heavy atom. The van der Waals surface area contributed by atoms with Crippen molar-refractivity contribution in [2.45, 2.75) is 19.3 Å². The quantitative estimate of drug-likeness (QED) is 0.710. The lowest BCUT2D eigenvalue weighted by atomic mass is 9.86. The highest BCUT2D eigenvalue weighted by Gasteiger charge is 2.20. The van der Waals surface area contributed by atoms with Gasteiger partial charge >= 0.3 is 13.0 Å². The molecule has 0 aliphatic heterocycles. The van der Waals surface area contributed by atoms with Crippen molar-refractivity contribution in [2.75, 3.05) is 0 Å². The largest absolute Gasteiger partial charge is 0.480 e. The Balaban J connectivity index is 2.10. The average Bonchev–Trinajstić information content (AvgIpc) is 2.48. The first-order valence-corrected chi connectivity index (χ1v) is 6.87. The number of benzene rings is 2. The summed E-state index contributed by atoms with van der Waals surface area (Å²) in [5.41, 5.74) is 3.13. The first kappa shape index (κ1) is 15.3. The molecule has 108 valence electrons. The smallest absolute Gasteiger partial charge is 0.374 e. The summed E-state index contributed by atoms with van der Waals surface area (Å²) in [6, 6.07) is 17.0. The highest BCUT2D eigenvalue weighted by molar-refractivity contribution is 6.46. The van der Waals surface area contributed by atoms with E-state index in [9.17, 15) is 9.82 Å². The van der Waals surface area contributed by atoms with Gasteiger partial charge in [-0.2, -0.15) is 0 Å². The lowest BCUT2D eigenvalue weighted by molar-refractivity contribution is -0.139. The van der Waals surface area contributed by atoms with Crippen LogP contribution in [0.2, 0.25) is 6.82 Å². The van der Waals surface area contributed by atoms with Gasteiger partial charge in [0, 0.05) is 0 Å². The third-order valence-corrected chi connectivity index (χ3v) is 3.24. The van der Waals surface area contributed by atoms with E-state index in [1.165, 1.54) is 6.82 Å². The Morgan fingerprint density at radius 2 is 1.67 bits per heavy atom. The van der Waals surface area contributed by atoms with E-state index in [0.29, 0.717) is 6.42 Å². The minimum atomic E-state index is -0.969. The number of aliphatic carboxylic acids is 1. The van der Waals surface area contributed by atoms with Gasteiger partial charge in [-0.3, -0.25) is 4.79 Å². The molecule has 0 bridgehead atoms. The number of carbonyl (C=O) groups is 1. The minimum Gasteiger partial charge on any atom is -0.480 e. The third-order valence-electron chi connectivity index (χ3n) is 3.24. The van der Waals surface area contributed by atoms with Gasteiger partial charge in [-0.1, -0.05) is 54.6 Å². The van der Waals surface area contributed by atoms with Gasteiger partial charge in [-0.05, 0) is 29.9 Å². The molecule has 0 aliphatic carbocycles. The molecule has 0 aromatic heterocycles. The summed E-state index contributed by atoms with van der Waals surface area (Å²) in [6.45, 7) is 1.51. The fraction of sp³-hybridized carbons (Fsp3) is 0.188. The molecule has 0 fully saturated rings. The predicted molar refractivity (Wildman–Crippen MR) is 84.0 cm³/mol. The highest BCUT2D eigenvalue weighted by atomic mass is 16.4. The molecule has 0 saturated heterocycles. The fourth-order valence-electron chi connectivity index (χ4n) is 2.21. The molecule has 2 aromatic carbocycles. The van der Waals surface area contributed by atoms with E-state index < -0.39 is 19.1 Å². The zero-order valence-electron chi connectivity index (χ0n) is 11.9. The van der Waals surface area contributed by atoms with Crippen LogP contribution in [0.15, 0.2) is 54.6 Å². The normalized spacial score (nSPS) is 11.9. The van der Waals surface area contributed by atoms with Crippen molar-refractivity contribution in [1.29, 1.82) is 0 Å². The van der Waals surface area contributed by atoms with Crippen LogP contribution in [0.25, 0.3) is 11.1 Å². The molecule has 4 nitrogen and oxygen atoms in total. The van der Waals surface area contributed by atoms with Gasteiger partial charge in [0.15, 0.2) is 0 Å². The van der Waals surface area contributed by atoms with E-state index in [1.807, 2.05) is 54.6 Å². The van der Waals surface area contributed by atoms with Crippen LogP contribution in [0.3, 0.4) is 0 Å². The molecule has 0 aliphatic rings. The molecule has 2 aromatic rings. The standard InChI is InChI=1S/C16H18BNO3/c1-17(21)18-15(16(19)20)11-12-7-9-14(10-8-12)13-5-3-2-4-6-13/h2-10,15,18,21H,11H2,1H3,(H,19,20)/t15-/m1/s1. The van der Waals surface area contributed by atoms with Crippen molar-refractivity contribution in [1.82, 2.24) is 5.23 Å². The Kier molecular flexibility index (Phi) is 5.14. The molecule has 0 spiro atoms. The second-order valence-corrected chi connectivity index (χ2v) is 5.00. The molecule has 0 heterocycles. The SMILES string of the molecule is CB(O)N[C@H](Cc1ccc(-c2ccccc2)cc1)C(=O)O. The van der Waals surface area contributed by atoms with Gasteiger partial charge in [0.25, 0.3) is 0 Å². The second kappa shape index (κ2) is 7.06. The molecule has 0 saturated carbocycles. The second-order valence-electron chi connectivity index (χ2n) is 5.00. The third kappa shape index (κ3) is 4.44. The van der Waals surface area contributed by atoms with E-state index >= 15 is 0 Å². The molecule has 0 unspecified atom stereocenters. The van der Waals surface area contributed by atoms with Crippen LogP contribution in [0.1, 0.15) is 5.56 Å². The van der Waals surface area contributed by atoms with Gasteiger partial charge in [0.1, 0.15) is 6.04 Å². The van der Waals surface area contributed by atoms with E-state index in [0.717, 1.165) is 16.7 Å². The molecule has 3 N–H and O–H groups in total. The van der Waals surface area contributed by atoms with Crippen molar-refractivity contribution < 1.29 is 14.9 Å². The minimum absolute atomic E-state index is 0.329. The van der Waals surface area contributed by atoms with Crippen LogP contribution in [-0.2, 0) is 11.2 Å². The maximum Gasteiger partial charge on any atom is 0.374 e. The number of hydrogen-bond donors (Lipinski definition) is 3. The van der Waals surface area contributed by atoms with Crippen LogP contribution in [0, 0.1) is 0 Å². The maximum absolute atomic E-state index is 11.2. The van der Waals surface area contributed by atoms with Crippen molar-refractivity contribution in [2.24, 2.45) is 0 Å². The van der Waals surface area contributed by atoms with Crippen LogP contribution < -0.4 is 5.23 Å². The summed E-state index contributed by atoms with van der Waals surface area (Å²) in [5.74, 6) is -0.969. The maximum atomic E-state index is 11.2. The number of carboxylic acid groups (broad SMARTS) is 1. The fourth-order valence-corrected chi connectivity index (χ4v) is 2.21. The topological polar surface area (TPSA) is 69.6 Å². The van der Waals surface area contributed by atoms with E-state index in [2.05, 4.69) is 5.23 Å². The van der Waals surface area contributed by atoms with Crippen LogP contribution in [-0.4, -0.2) is 29.2 Å². The van der Waals surface area contributed by atoms with Gasteiger partial charge < -0.3 is 15.4 Å². The highest BCUT2D eigenvalue weighted by Crippen LogP contribution is 2.19. The number of carboxylic acids is 1. The summed E-state index contributed by atoms with van der Waals surface area (Å²) in [7, 11) is -0.852. The molecule has 0 amide bonds. The summed E-state index contributed by atoms with van der Waals surface area (Å²) >= 11 is 0. The van der Waals surface area contributed by atoms with Gasteiger partial charge in [-0.15, -0.1) is 0 Å². The van der Waals surface area contributed by atoms with Gasteiger partial charge in [-0.25, -0.2) is 0 Å². The zero-order valence-corrected chi connectivity index (χ0v) is 11.9. The monoisotopic (exact) mass is 283 g/mol. The van der Waals surface area contributed by atoms with Crippen molar-refractivity contribution in [3.05, 3.63) is 60.2 Å². The first-order valence-electron chi connectivity index (χ1n) is 6.87. The predicted octanol–water partition coefficient (Wildman–Crippen LogP) is 2.05. The van der Waals surface area contributed by atoms with Crippen LogP contribution >= 0.6 is 0 Å². The lowest BCUT2D eigenvalue weighted by Crippen LogP contribution is -2.46. The molecule has 0 radical (unpaired) electrons. The van der Waals surface area contributed by atoms with E-state index in [1.54, 1.807) is 0 Å². The Morgan fingerprint density at radius 3 is 2.19 bits per heavy atom. The lowest BCUT2D eigenvalue weighted by Gasteiger charge is -2.15. The van der Waals surface area contributed by atoms with Gasteiger partial charge in [0.05, 0.1) is 0 Å². The summed E-state index contributed by atoms with van der Waals surface area (Å²) in [4.78, 5) is 11.2. The van der Waals surface area contributed by atoms with Crippen LogP contribution in [0.5, 0.6) is 0 Å². The molecular weight excluding hydrogens is 265 g/mol. The molecule has 1 atom stereocenters. The summed E-state index contributed by atoms with van der Waals surface area (Å²) in [5, 5.41) is 21.0. The van der Waals surface area contributed by atoms with Crippen LogP contribution in [0.4, 0.5) is 0 Å².